The number of aromatic nitrogens is 1. The van der Waals surface area contributed by atoms with Crippen molar-refractivity contribution < 1.29 is 5.11 Å². The summed E-state index contributed by atoms with van der Waals surface area (Å²) in [5.74, 6) is 0.322. The highest BCUT2D eigenvalue weighted by Gasteiger charge is 2.24. The topological polar surface area (TPSA) is 62.4 Å². The van der Waals surface area contributed by atoms with Gasteiger partial charge in [-0.05, 0) is 24.5 Å². The lowest BCUT2D eigenvalue weighted by atomic mass is 9.96. The van der Waals surface area contributed by atoms with Crippen LogP contribution in [0.3, 0.4) is 0 Å². The van der Waals surface area contributed by atoms with Crippen LogP contribution in [0.4, 0.5) is 5.69 Å². The van der Waals surface area contributed by atoms with Gasteiger partial charge in [0, 0.05) is 19.6 Å². The average molecular weight is 221 g/mol. The molecule has 2 heterocycles. The normalized spacial score (nSPS) is 25.8. The maximum atomic E-state index is 9.67. The van der Waals surface area contributed by atoms with Crippen LogP contribution in [0.5, 0.6) is 0 Å². The number of aliphatic hydroxyl groups is 1. The van der Waals surface area contributed by atoms with Crippen molar-refractivity contribution in [3.63, 3.8) is 0 Å². The Kier molecular flexibility index (Phi) is 3.41. The lowest BCUT2D eigenvalue weighted by Crippen LogP contribution is -2.42. The van der Waals surface area contributed by atoms with Crippen molar-refractivity contribution in [1.82, 2.24) is 4.98 Å². The van der Waals surface area contributed by atoms with Crippen molar-refractivity contribution in [3.05, 3.63) is 24.0 Å². The van der Waals surface area contributed by atoms with Gasteiger partial charge in [-0.15, -0.1) is 0 Å². The van der Waals surface area contributed by atoms with Crippen LogP contribution in [0, 0.1) is 5.92 Å². The summed E-state index contributed by atoms with van der Waals surface area (Å²) in [4.78, 5) is 6.56. The molecule has 2 atom stereocenters. The lowest BCUT2D eigenvalue weighted by molar-refractivity contribution is 0.0971. The van der Waals surface area contributed by atoms with Gasteiger partial charge in [0.2, 0.25) is 0 Å². The number of pyridine rings is 1. The highest BCUT2D eigenvalue weighted by molar-refractivity contribution is 5.45. The summed E-state index contributed by atoms with van der Waals surface area (Å²) in [7, 11) is 0. The monoisotopic (exact) mass is 221 g/mol. The van der Waals surface area contributed by atoms with Crippen LogP contribution in [0.25, 0.3) is 0 Å². The van der Waals surface area contributed by atoms with Gasteiger partial charge in [0.15, 0.2) is 0 Å². The standard InChI is InChI=1S/C12H19N3O/c1-9-8-15(5-4-12(9)16)11-3-2-10(6-13)14-7-11/h2-3,7,9,12,16H,4-6,8,13H2,1H3. The van der Waals surface area contributed by atoms with E-state index in [1.165, 1.54) is 0 Å². The molecule has 0 aromatic carbocycles. The zero-order chi connectivity index (χ0) is 11.5. The SMILES string of the molecule is CC1CN(c2ccc(CN)nc2)CCC1O. The quantitative estimate of drug-likeness (QED) is 0.773. The molecule has 0 amide bonds. The van der Waals surface area contributed by atoms with Crippen LogP contribution < -0.4 is 10.6 Å². The first-order valence-electron chi connectivity index (χ1n) is 5.78. The van der Waals surface area contributed by atoms with Gasteiger partial charge in [0.05, 0.1) is 23.7 Å². The van der Waals surface area contributed by atoms with Crippen molar-refractivity contribution in [3.8, 4) is 0 Å². The molecule has 16 heavy (non-hydrogen) atoms. The number of nitrogens with two attached hydrogens (primary N) is 1. The third kappa shape index (κ3) is 2.33. The molecule has 2 rings (SSSR count). The molecule has 1 aromatic heterocycles. The van der Waals surface area contributed by atoms with Gasteiger partial charge in [-0.3, -0.25) is 4.98 Å². The van der Waals surface area contributed by atoms with E-state index in [-0.39, 0.29) is 6.10 Å². The summed E-state index contributed by atoms with van der Waals surface area (Å²) in [5.41, 5.74) is 7.54. The summed E-state index contributed by atoms with van der Waals surface area (Å²) >= 11 is 0. The van der Waals surface area contributed by atoms with E-state index in [4.69, 9.17) is 5.73 Å². The molecule has 0 aliphatic carbocycles. The molecule has 88 valence electrons. The predicted octanol–water partition coefficient (Wildman–Crippen LogP) is 0.747. The number of anilines is 1. The Bertz CT molecular complexity index is 339. The van der Waals surface area contributed by atoms with Crippen molar-refractivity contribution in [2.75, 3.05) is 18.0 Å². The molecular formula is C12H19N3O. The van der Waals surface area contributed by atoms with Crippen LogP contribution in [0.15, 0.2) is 18.3 Å². The molecule has 3 N–H and O–H groups in total. The smallest absolute Gasteiger partial charge is 0.0599 e. The number of piperidine rings is 1. The summed E-state index contributed by atoms with van der Waals surface area (Å²) in [6, 6.07) is 4.02. The maximum Gasteiger partial charge on any atom is 0.0599 e. The van der Waals surface area contributed by atoms with E-state index in [9.17, 15) is 5.11 Å². The minimum atomic E-state index is -0.160. The first kappa shape index (κ1) is 11.4. The van der Waals surface area contributed by atoms with Gasteiger partial charge in [0.1, 0.15) is 0 Å². The molecule has 0 spiro atoms. The van der Waals surface area contributed by atoms with Crippen LogP contribution in [0.2, 0.25) is 0 Å². The van der Waals surface area contributed by atoms with Gasteiger partial charge in [-0.25, -0.2) is 0 Å². The van der Waals surface area contributed by atoms with Crippen LogP contribution >= 0.6 is 0 Å². The number of hydrogen-bond donors (Lipinski definition) is 2. The van der Waals surface area contributed by atoms with Crippen LogP contribution in [-0.2, 0) is 6.54 Å². The fourth-order valence-electron chi connectivity index (χ4n) is 2.09. The van der Waals surface area contributed by atoms with E-state index in [0.29, 0.717) is 12.5 Å². The Morgan fingerprint density at radius 1 is 1.56 bits per heavy atom. The second kappa shape index (κ2) is 4.80. The Hall–Kier alpha value is -1.13. The predicted molar refractivity (Wildman–Crippen MR) is 64.1 cm³/mol. The maximum absolute atomic E-state index is 9.67. The third-order valence-electron chi connectivity index (χ3n) is 3.24. The Morgan fingerprint density at radius 2 is 2.38 bits per heavy atom. The molecule has 1 fully saturated rings. The summed E-state index contributed by atoms with van der Waals surface area (Å²) < 4.78 is 0. The molecule has 2 unspecified atom stereocenters. The van der Waals surface area contributed by atoms with E-state index in [0.717, 1.165) is 30.9 Å². The van der Waals surface area contributed by atoms with E-state index >= 15 is 0 Å². The van der Waals surface area contributed by atoms with Gasteiger partial charge >= 0.3 is 0 Å². The zero-order valence-corrected chi connectivity index (χ0v) is 9.63. The third-order valence-corrected chi connectivity index (χ3v) is 3.24. The van der Waals surface area contributed by atoms with Gasteiger partial charge in [-0.1, -0.05) is 6.92 Å². The molecule has 4 nitrogen and oxygen atoms in total. The fourth-order valence-corrected chi connectivity index (χ4v) is 2.09. The number of rotatable bonds is 2. The summed E-state index contributed by atoms with van der Waals surface area (Å²) in [6.45, 7) is 4.36. The molecular weight excluding hydrogens is 202 g/mol. The number of nitrogens with zero attached hydrogens (tertiary/aromatic N) is 2. The van der Waals surface area contributed by atoms with Gasteiger partial charge < -0.3 is 15.7 Å². The Labute approximate surface area is 96.1 Å². The molecule has 0 radical (unpaired) electrons. The van der Waals surface area contributed by atoms with Gasteiger partial charge in [0.25, 0.3) is 0 Å². The highest BCUT2D eigenvalue weighted by atomic mass is 16.3. The van der Waals surface area contributed by atoms with Crippen LogP contribution in [0.1, 0.15) is 19.0 Å². The van der Waals surface area contributed by atoms with E-state index < -0.39 is 0 Å². The second-order valence-electron chi connectivity index (χ2n) is 4.49. The zero-order valence-electron chi connectivity index (χ0n) is 9.63. The molecule has 1 aromatic rings. The van der Waals surface area contributed by atoms with Crippen molar-refractivity contribution >= 4 is 5.69 Å². The minimum Gasteiger partial charge on any atom is -0.393 e. The molecule has 0 saturated carbocycles. The van der Waals surface area contributed by atoms with Crippen molar-refractivity contribution in [2.24, 2.45) is 11.7 Å². The van der Waals surface area contributed by atoms with E-state index in [1.807, 2.05) is 12.3 Å². The molecule has 1 aliphatic heterocycles. The summed E-state index contributed by atoms with van der Waals surface area (Å²) in [5, 5.41) is 9.67. The largest absolute Gasteiger partial charge is 0.393 e. The Morgan fingerprint density at radius 3 is 2.94 bits per heavy atom. The van der Waals surface area contributed by atoms with Crippen LogP contribution in [-0.4, -0.2) is 29.3 Å². The first-order chi connectivity index (χ1) is 7.70. The van der Waals surface area contributed by atoms with Crippen molar-refractivity contribution in [2.45, 2.75) is 26.0 Å². The van der Waals surface area contributed by atoms with Gasteiger partial charge in [-0.2, -0.15) is 0 Å². The number of aliphatic hydroxyl groups excluding tert-OH is 1. The first-order valence-corrected chi connectivity index (χ1v) is 5.78. The fraction of sp³-hybridized carbons (Fsp3) is 0.583. The molecule has 1 aliphatic rings. The minimum absolute atomic E-state index is 0.160. The summed E-state index contributed by atoms with van der Waals surface area (Å²) in [6.07, 6.45) is 2.54. The second-order valence-corrected chi connectivity index (χ2v) is 4.49. The molecule has 0 bridgehead atoms. The Balaban J connectivity index is 2.06. The van der Waals surface area contributed by atoms with Crippen molar-refractivity contribution in [1.29, 1.82) is 0 Å². The number of hydrogen-bond acceptors (Lipinski definition) is 4. The lowest BCUT2D eigenvalue weighted by Gasteiger charge is -2.35. The molecule has 1 saturated heterocycles. The molecule has 4 heteroatoms. The van der Waals surface area contributed by atoms with E-state index in [2.05, 4.69) is 22.9 Å². The highest BCUT2D eigenvalue weighted by Crippen LogP contribution is 2.22. The van der Waals surface area contributed by atoms with E-state index in [1.54, 1.807) is 0 Å². The average Bonchev–Trinajstić information content (AvgIpc) is 2.33.